The van der Waals surface area contributed by atoms with Crippen molar-refractivity contribution in [3.05, 3.63) is 59.7 Å². The molecule has 1 saturated heterocycles. The van der Waals surface area contributed by atoms with Crippen LogP contribution in [-0.2, 0) is 21.2 Å². The molecule has 3 atom stereocenters. The second-order valence-electron chi connectivity index (χ2n) is 8.27. The summed E-state index contributed by atoms with van der Waals surface area (Å²) in [6.07, 6.45) is -1.72. The third kappa shape index (κ3) is 5.15. The molecule has 1 aliphatic heterocycles. The van der Waals surface area contributed by atoms with Gasteiger partial charge in [-0.05, 0) is 36.6 Å². The standard InChI is InChI=1S/C23H27F3N2O3S/c1-4-32(30,31)27-22-19(25)13-28(23(29)14(2)3)20(22)12-16-8-6-10-18(21(16)26)15-7-5-9-17(24)11-15/h5-11,14,19-20,22,27H,4,12-13H2,1-3H3/t19-,20-,22-/m0/s1. The number of hydrogen-bond donors (Lipinski definition) is 1. The first-order chi connectivity index (χ1) is 15.0. The van der Waals surface area contributed by atoms with Gasteiger partial charge in [-0.25, -0.2) is 26.3 Å². The highest BCUT2D eigenvalue weighted by Crippen LogP contribution is 2.31. The van der Waals surface area contributed by atoms with Crippen LogP contribution in [0.15, 0.2) is 42.5 Å². The summed E-state index contributed by atoms with van der Waals surface area (Å²) in [7, 11) is -3.76. The molecule has 0 saturated carbocycles. The summed E-state index contributed by atoms with van der Waals surface area (Å²) in [5, 5.41) is 0. The van der Waals surface area contributed by atoms with E-state index in [1.165, 1.54) is 42.2 Å². The number of amides is 1. The molecule has 9 heteroatoms. The quantitative estimate of drug-likeness (QED) is 0.674. The fourth-order valence-electron chi connectivity index (χ4n) is 3.98. The van der Waals surface area contributed by atoms with Gasteiger partial charge in [0.25, 0.3) is 0 Å². The molecule has 2 aromatic carbocycles. The van der Waals surface area contributed by atoms with E-state index in [4.69, 9.17) is 0 Å². The average Bonchev–Trinajstić information content (AvgIpc) is 3.03. The van der Waals surface area contributed by atoms with Crippen molar-refractivity contribution in [3.8, 4) is 11.1 Å². The number of likely N-dealkylation sites (tertiary alicyclic amines) is 1. The normalized spacial score (nSPS) is 21.3. The van der Waals surface area contributed by atoms with Crippen LogP contribution in [0.4, 0.5) is 13.2 Å². The van der Waals surface area contributed by atoms with Gasteiger partial charge in [0.05, 0.1) is 24.4 Å². The van der Waals surface area contributed by atoms with Crippen LogP contribution in [0, 0.1) is 17.6 Å². The number of alkyl halides is 1. The SMILES string of the molecule is CCS(=O)(=O)N[C@H]1[C@@H](F)CN(C(=O)C(C)C)[C@H]1Cc1cccc(-c2cccc(F)c2)c1F. The molecule has 0 spiro atoms. The van der Waals surface area contributed by atoms with E-state index in [2.05, 4.69) is 4.72 Å². The Hall–Kier alpha value is -2.39. The number of rotatable bonds is 7. The van der Waals surface area contributed by atoms with Crippen molar-refractivity contribution in [2.24, 2.45) is 5.92 Å². The van der Waals surface area contributed by atoms with Crippen molar-refractivity contribution in [3.63, 3.8) is 0 Å². The molecule has 3 rings (SSSR count). The number of carbonyl (C=O) groups excluding carboxylic acids is 1. The molecule has 1 fully saturated rings. The van der Waals surface area contributed by atoms with Gasteiger partial charge >= 0.3 is 0 Å². The van der Waals surface area contributed by atoms with Gasteiger partial charge in [-0.1, -0.05) is 44.2 Å². The predicted octanol–water partition coefficient (Wildman–Crippen LogP) is 3.69. The van der Waals surface area contributed by atoms with Crippen LogP contribution in [0.2, 0.25) is 0 Å². The van der Waals surface area contributed by atoms with Gasteiger partial charge in [0, 0.05) is 11.5 Å². The maximum absolute atomic E-state index is 15.4. The van der Waals surface area contributed by atoms with Crippen molar-refractivity contribution in [1.29, 1.82) is 0 Å². The van der Waals surface area contributed by atoms with Gasteiger partial charge in [0.1, 0.15) is 17.8 Å². The van der Waals surface area contributed by atoms with Gasteiger partial charge in [0.15, 0.2) is 0 Å². The van der Waals surface area contributed by atoms with Crippen LogP contribution in [-0.4, -0.2) is 49.8 Å². The number of hydrogen-bond acceptors (Lipinski definition) is 3. The molecule has 0 unspecified atom stereocenters. The number of benzene rings is 2. The Morgan fingerprint density at radius 2 is 1.88 bits per heavy atom. The van der Waals surface area contributed by atoms with Gasteiger partial charge in [-0.3, -0.25) is 4.79 Å². The highest BCUT2D eigenvalue weighted by atomic mass is 32.2. The Bertz CT molecular complexity index is 1090. The van der Waals surface area contributed by atoms with Crippen LogP contribution < -0.4 is 4.72 Å². The van der Waals surface area contributed by atoms with E-state index in [9.17, 15) is 22.0 Å². The second-order valence-corrected chi connectivity index (χ2v) is 10.3. The summed E-state index contributed by atoms with van der Waals surface area (Å²) in [5.41, 5.74) is 0.704. The summed E-state index contributed by atoms with van der Waals surface area (Å²) in [6, 6.07) is 8.03. The Morgan fingerprint density at radius 1 is 1.19 bits per heavy atom. The van der Waals surface area contributed by atoms with Crippen LogP contribution >= 0.6 is 0 Å². The highest BCUT2D eigenvalue weighted by Gasteiger charge is 2.46. The van der Waals surface area contributed by atoms with Gasteiger partial charge in [-0.15, -0.1) is 0 Å². The summed E-state index contributed by atoms with van der Waals surface area (Å²) < 4.78 is 70.6. The van der Waals surface area contributed by atoms with E-state index in [0.29, 0.717) is 5.56 Å². The zero-order valence-corrected chi connectivity index (χ0v) is 19.0. The lowest BCUT2D eigenvalue weighted by Crippen LogP contribution is -2.50. The first kappa shape index (κ1) is 24.3. The third-order valence-corrected chi connectivity index (χ3v) is 7.08. The molecule has 1 aliphatic rings. The molecule has 0 aromatic heterocycles. The minimum atomic E-state index is -3.76. The van der Waals surface area contributed by atoms with Crippen molar-refractivity contribution in [2.45, 2.75) is 45.4 Å². The van der Waals surface area contributed by atoms with E-state index >= 15 is 4.39 Å². The summed E-state index contributed by atoms with van der Waals surface area (Å²) in [5.74, 6) is -2.14. The van der Waals surface area contributed by atoms with Crippen LogP contribution in [0.25, 0.3) is 11.1 Å². The van der Waals surface area contributed by atoms with Crippen LogP contribution in [0.3, 0.4) is 0 Å². The fraction of sp³-hybridized carbons (Fsp3) is 0.435. The first-order valence-corrected chi connectivity index (χ1v) is 12.2. The van der Waals surface area contributed by atoms with Gasteiger partial charge in [-0.2, -0.15) is 0 Å². The minimum absolute atomic E-state index is 0.0925. The zero-order chi connectivity index (χ0) is 23.6. The first-order valence-electron chi connectivity index (χ1n) is 10.5. The number of sulfonamides is 1. The van der Waals surface area contributed by atoms with Crippen molar-refractivity contribution in [1.82, 2.24) is 9.62 Å². The molecule has 1 N–H and O–H groups in total. The second kappa shape index (κ2) is 9.62. The van der Waals surface area contributed by atoms with E-state index in [1.54, 1.807) is 26.0 Å². The largest absolute Gasteiger partial charge is 0.334 e. The molecule has 174 valence electrons. The van der Waals surface area contributed by atoms with Crippen molar-refractivity contribution in [2.75, 3.05) is 12.3 Å². The number of nitrogens with zero attached hydrogens (tertiary/aromatic N) is 1. The van der Waals surface area contributed by atoms with E-state index < -0.39 is 45.8 Å². The van der Waals surface area contributed by atoms with Crippen LogP contribution in [0.1, 0.15) is 26.3 Å². The number of halogens is 3. The van der Waals surface area contributed by atoms with Crippen LogP contribution in [0.5, 0.6) is 0 Å². The Kier molecular flexibility index (Phi) is 7.29. The number of carbonyl (C=O) groups is 1. The van der Waals surface area contributed by atoms with E-state index in [0.717, 1.165) is 0 Å². The maximum Gasteiger partial charge on any atom is 0.225 e. The van der Waals surface area contributed by atoms with Crippen molar-refractivity contribution >= 4 is 15.9 Å². The Balaban J connectivity index is 2.00. The lowest BCUT2D eigenvalue weighted by atomic mass is 9.95. The maximum atomic E-state index is 15.4. The molecule has 1 heterocycles. The van der Waals surface area contributed by atoms with Gasteiger partial charge in [0.2, 0.25) is 15.9 Å². The summed E-state index contributed by atoms with van der Waals surface area (Å²) in [4.78, 5) is 14.0. The molecule has 0 aliphatic carbocycles. The molecule has 0 bridgehead atoms. The molecule has 0 radical (unpaired) electrons. The lowest BCUT2D eigenvalue weighted by molar-refractivity contribution is -0.135. The topological polar surface area (TPSA) is 66.5 Å². The molecular weight excluding hydrogens is 441 g/mol. The number of nitrogens with one attached hydrogen (secondary N) is 1. The molecule has 2 aromatic rings. The predicted molar refractivity (Wildman–Crippen MR) is 117 cm³/mol. The summed E-state index contributed by atoms with van der Waals surface area (Å²) in [6.45, 7) is 4.49. The molecular formula is C23H27F3N2O3S. The van der Waals surface area contributed by atoms with E-state index in [-0.39, 0.29) is 35.8 Å². The monoisotopic (exact) mass is 468 g/mol. The van der Waals surface area contributed by atoms with Gasteiger partial charge < -0.3 is 4.90 Å². The zero-order valence-electron chi connectivity index (χ0n) is 18.2. The highest BCUT2D eigenvalue weighted by molar-refractivity contribution is 7.89. The third-order valence-electron chi connectivity index (χ3n) is 5.69. The minimum Gasteiger partial charge on any atom is -0.334 e. The molecule has 32 heavy (non-hydrogen) atoms. The average molecular weight is 469 g/mol. The van der Waals surface area contributed by atoms with E-state index in [1.807, 2.05) is 0 Å². The fourth-order valence-corrected chi connectivity index (χ4v) is 4.86. The lowest BCUT2D eigenvalue weighted by Gasteiger charge is -2.30. The Morgan fingerprint density at radius 3 is 2.50 bits per heavy atom. The molecule has 1 amide bonds. The Labute approximate surface area is 186 Å². The molecule has 5 nitrogen and oxygen atoms in total. The summed E-state index contributed by atoms with van der Waals surface area (Å²) >= 11 is 0. The van der Waals surface area contributed by atoms with Crippen molar-refractivity contribution < 1.29 is 26.4 Å². The smallest absolute Gasteiger partial charge is 0.225 e.